The van der Waals surface area contributed by atoms with Crippen molar-refractivity contribution in [2.24, 2.45) is 11.8 Å². The van der Waals surface area contributed by atoms with Crippen LogP contribution in [0.25, 0.3) is 0 Å². The van der Waals surface area contributed by atoms with E-state index in [0.29, 0.717) is 25.1 Å². The van der Waals surface area contributed by atoms with Crippen molar-refractivity contribution >= 4 is 21.8 Å². The molecule has 0 bridgehead atoms. The molecule has 1 aromatic carbocycles. The summed E-state index contributed by atoms with van der Waals surface area (Å²) in [6, 6.07) is 5.83. The number of rotatable bonds is 9. The molecule has 33 heavy (non-hydrogen) atoms. The van der Waals surface area contributed by atoms with Gasteiger partial charge >= 0.3 is 0 Å². The summed E-state index contributed by atoms with van der Waals surface area (Å²) in [4.78, 5) is 26.2. The van der Waals surface area contributed by atoms with E-state index in [4.69, 9.17) is 4.74 Å². The third-order valence-corrected chi connectivity index (χ3v) is 8.83. The van der Waals surface area contributed by atoms with Crippen LogP contribution >= 0.6 is 0 Å². The van der Waals surface area contributed by atoms with Gasteiger partial charge in [0, 0.05) is 19.1 Å². The molecule has 0 radical (unpaired) electrons. The number of carbonyl (C=O) groups excluding carboxylic acids is 2. The van der Waals surface area contributed by atoms with Crippen molar-refractivity contribution in [3.05, 3.63) is 24.3 Å². The van der Waals surface area contributed by atoms with Crippen LogP contribution in [0.1, 0.15) is 58.8 Å². The molecule has 1 heterocycles. The molecule has 9 heteroatoms. The number of ether oxygens (including phenoxy) is 1. The Bertz CT molecular complexity index is 913. The highest BCUT2D eigenvalue weighted by Crippen LogP contribution is 2.26. The summed E-state index contributed by atoms with van der Waals surface area (Å²) in [5, 5.41) is 6.05. The summed E-state index contributed by atoms with van der Waals surface area (Å²) in [6.45, 7) is 4.43. The summed E-state index contributed by atoms with van der Waals surface area (Å²) < 4.78 is 32.7. The fourth-order valence-electron chi connectivity index (χ4n) is 4.61. The normalized spacial score (nSPS) is 21.8. The molecule has 2 fully saturated rings. The van der Waals surface area contributed by atoms with E-state index in [9.17, 15) is 18.0 Å². The van der Waals surface area contributed by atoms with Gasteiger partial charge in [-0.15, -0.1) is 0 Å². The lowest BCUT2D eigenvalue weighted by molar-refractivity contribution is -0.133. The first kappa shape index (κ1) is 25.5. The van der Waals surface area contributed by atoms with E-state index in [0.717, 1.165) is 32.1 Å². The maximum Gasteiger partial charge on any atom is 0.243 e. The van der Waals surface area contributed by atoms with Gasteiger partial charge in [-0.2, -0.15) is 4.31 Å². The van der Waals surface area contributed by atoms with E-state index < -0.39 is 22.0 Å². The molecule has 2 amide bonds. The highest BCUT2D eigenvalue weighted by molar-refractivity contribution is 7.89. The second-order valence-electron chi connectivity index (χ2n) is 9.24. The smallest absolute Gasteiger partial charge is 0.243 e. The van der Waals surface area contributed by atoms with E-state index in [1.54, 1.807) is 12.1 Å². The molecule has 1 saturated heterocycles. The molecule has 2 aliphatic rings. The largest absolute Gasteiger partial charge is 0.497 e. The average Bonchev–Trinajstić information content (AvgIpc) is 3.34. The van der Waals surface area contributed by atoms with Gasteiger partial charge in [0.25, 0.3) is 0 Å². The lowest BCUT2D eigenvalue weighted by atomic mass is 9.94. The molecule has 1 aliphatic carbocycles. The van der Waals surface area contributed by atoms with Crippen LogP contribution in [0.15, 0.2) is 29.2 Å². The monoisotopic (exact) mass is 479 g/mol. The average molecular weight is 480 g/mol. The minimum absolute atomic E-state index is 0.0157. The predicted octanol–water partition coefficient (Wildman–Crippen LogP) is 2.69. The molecule has 1 aliphatic heterocycles. The Hall–Kier alpha value is -2.13. The number of nitrogens with zero attached hydrogens (tertiary/aromatic N) is 1. The van der Waals surface area contributed by atoms with Crippen molar-refractivity contribution < 1.29 is 22.7 Å². The Morgan fingerprint density at radius 3 is 2.39 bits per heavy atom. The van der Waals surface area contributed by atoms with E-state index >= 15 is 0 Å². The molecule has 2 N–H and O–H groups in total. The van der Waals surface area contributed by atoms with Gasteiger partial charge in [0.15, 0.2) is 0 Å². The Kier molecular flexibility index (Phi) is 8.75. The van der Waals surface area contributed by atoms with Crippen LogP contribution in [0.4, 0.5) is 0 Å². The second-order valence-corrected chi connectivity index (χ2v) is 11.2. The number of piperidine rings is 1. The maximum absolute atomic E-state index is 13.1. The van der Waals surface area contributed by atoms with Crippen molar-refractivity contribution in [3.8, 4) is 5.75 Å². The van der Waals surface area contributed by atoms with Crippen LogP contribution in [-0.2, 0) is 19.6 Å². The molecule has 0 spiro atoms. The van der Waals surface area contributed by atoms with Gasteiger partial charge in [0.1, 0.15) is 11.8 Å². The topological polar surface area (TPSA) is 105 Å². The van der Waals surface area contributed by atoms with E-state index in [1.165, 1.54) is 23.5 Å². The molecular formula is C24H37N3O5S. The minimum atomic E-state index is -3.72. The number of carbonyl (C=O) groups is 2. The zero-order chi connectivity index (χ0) is 24.0. The van der Waals surface area contributed by atoms with Crippen LogP contribution in [0.5, 0.6) is 5.75 Å². The fourth-order valence-corrected chi connectivity index (χ4v) is 6.13. The molecule has 0 aromatic heterocycles. The zero-order valence-electron chi connectivity index (χ0n) is 19.9. The molecule has 1 aromatic rings. The number of benzene rings is 1. The van der Waals surface area contributed by atoms with E-state index in [-0.39, 0.29) is 35.2 Å². The van der Waals surface area contributed by atoms with Gasteiger partial charge in [0.05, 0.1) is 17.9 Å². The van der Waals surface area contributed by atoms with Crippen LogP contribution in [0.2, 0.25) is 0 Å². The number of nitrogens with one attached hydrogen (secondary N) is 2. The number of hydrogen-bond acceptors (Lipinski definition) is 5. The molecule has 3 rings (SSSR count). The highest BCUT2D eigenvalue weighted by Gasteiger charge is 2.36. The Balaban J connectivity index is 1.66. The zero-order valence-corrected chi connectivity index (χ0v) is 20.7. The van der Waals surface area contributed by atoms with E-state index in [1.807, 2.05) is 13.8 Å². The standard InChI is InChI=1S/C24H37N3O5S/c1-4-17(2)22(24(29)25-19-9-5-6-10-19)26-23(28)18-8-7-15-27(16-18)33(30,31)21-13-11-20(32-3)12-14-21/h11-14,17-19,22H,4-10,15-16H2,1-3H3,(H,25,29)(H,26,28)/t17-,18+,22-/m0/s1. The number of methoxy groups -OCH3 is 1. The van der Waals surface area contributed by atoms with Crippen LogP contribution in [-0.4, -0.2) is 56.8 Å². The van der Waals surface area contributed by atoms with Crippen LogP contribution < -0.4 is 15.4 Å². The molecule has 184 valence electrons. The first-order chi connectivity index (χ1) is 15.8. The van der Waals surface area contributed by atoms with Gasteiger partial charge in [-0.05, 0) is 55.9 Å². The van der Waals surface area contributed by atoms with Crippen molar-refractivity contribution in [2.75, 3.05) is 20.2 Å². The first-order valence-corrected chi connectivity index (χ1v) is 13.4. The lowest BCUT2D eigenvalue weighted by Gasteiger charge is -2.33. The maximum atomic E-state index is 13.1. The molecule has 3 atom stereocenters. The van der Waals surface area contributed by atoms with Gasteiger partial charge in [-0.25, -0.2) is 8.42 Å². The van der Waals surface area contributed by atoms with Crippen molar-refractivity contribution in [1.29, 1.82) is 0 Å². The van der Waals surface area contributed by atoms with Gasteiger partial charge < -0.3 is 15.4 Å². The summed E-state index contributed by atoms with van der Waals surface area (Å²) >= 11 is 0. The summed E-state index contributed by atoms with van der Waals surface area (Å²) in [5.41, 5.74) is 0. The van der Waals surface area contributed by atoms with Crippen molar-refractivity contribution in [2.45, 2.75) is 75.8 Å². The summed E-state index contributed by atoms with van der Waals surface area (Å²) in [5.74, 6) is -0.313. The number of hydrogen-bond donors (Lipinski definition) is 2. The van der Waals surface area contributed by atoms with Gasteiger partial charge in [-0.3, -0.25) is 9.59 Å². The Labute approximate surface area is 197 Å². The molecule has 1 saturated carbocycles. The van der Waals surface area contributed by atoms with E-state index in [2.05, 4.69) is 10.6 Å². The Morgan fingerprint density at radius 2 is 1.79 bits per heavy atom. The fraction of sp³-hybridized carbons (Fsp3) is 0.667. The second kappa shape index (κ2) is 11.3. The van der Waals surface area contributed by atoms with Crippen LogP contribution in [0.3, 0.4) is 0 Å². The quantitative estimate of drug-likeness (QED) is 0.567. The third-order valence-electron chi connectivity index (χ3n) is 6.95. The summed E-state index contributed by atoms with van der Waals surface area (Å²) in [7, 11) is -2.19. The SMILES string of the molecule is CC[C@H](C)[C@H](NC(=O)[C@@H]1CCCN(S(=O)(=O)c2ccc(OC)cc2)C1)C(=O)NC1CCCC1. The predicted molar refractivity (Wildman–Crippen MR) is 126 cm³/mol. The minimum Gasteiger partial charge on any atom is -0.497 e. The highest BCUT2D eigenvalue weighted by atomic mass is 32.2. The van der Waals surface area contributed by atoms with Crippen molar-refractivity contribution in [3.63, 3.8) is 0 Å². The van der Waals surface area contributed by atoms with Gasteiger partial charge in [-0.1, -0.05) is 33.1 Å². The number of amides is 2. The Morgan fingerprint density at radius 1 is 1.12 bits per heavy atom. The first-order valence-electron chi connectivity index (χ1n) is 12.0. The molecule has 8 nitrogen and oxygen atoms in total. The number of sulfonamides is 1. The summed E-state index contributed by atoms with van der Waals surface area (Å²) in [6.07, 6.45) is 6.14. The van der Waals surface area contributed by atoms with Gasteiger partial charge in [0.2, 0.25) is 21.8 Å². The van der Waals surface area contributed by atoms with Crippen LogP contribution in [0, 0.1) is 11.8 Å². The molecular weight excluding hydrogens is 442 g/mol. The molecule has 0 unspecified atom stereocenters. The van der Waals surface area contributed by atoms with Crippen molar-refractivity contribution in [1.82, 2.24) is 14.9 Å². The third kappa shape index (κ3) is 6.26. The lowest BCUT2D eigenvalue weighted by Crippen LogP contribution is -2.55.